The summed E-state index contributed by atoms with van der Waals surface area (Å²) in [6.45, 7) is 8.55. The third-order valence-electron chi connectivity index (χ3n) is 11.4. The van der Waals surface area contributed by atoms with Gasteiger partial charge in [-0.3, -0.25) is 19.4 Å². The summed E-state index contributed by atoms with van der Waals surface area (Å²) in [5.74, 6) is 1.49. The van der Waals surface area contributed by atoms with Crippen LogP contribution in [-0.4, -0.2) is 79.9 Å². The molecule has 5 aliphatic rings. The number of benzene rings is 1. The van der Waals surface area contributed by atoms with Crippen LogP contribution < -0.4 is 15.4 Å². The van der Waals surface area contributed by atoms with Crippen LogP contribution in [0, 0.1) is 17.8 Å². The molecule has 9 rings (SSSR count). The van der Waals surface area contributed by atoms with Crippen molar-refractivity contribution in [3.63, 3.8) is 0 Å². The van der Waals surface area contributed by atoms with Crippen molar-refractivity contribution >= 4 is 40.1 Å². The van der Waals surface area contributed by atoms with E-state index in [1.165, 1.54) is 25.2 Å². The average molecular weight is 699 g/mol. The van der Waals surface area contributed by atoms with Crippen molar-refractivity contribution in [1.29, 1.82) is 0 Å². The highest BCUT2D eigenvalue weighted by atomic mass is 35.5. The maximum atomic E-state index is 13.3. The molecule has 0 spiro atoms. The van der Waals surface area contributed by atoms with E-state index in [0.717, 1.165) is 42.5 Å². The number of hydrogen-bond acceptors (Lipinski definition) is 9. The zero-order valence-corrected chi connectivity index (χ0v) is 29.7. The molecule has 1 saturated heterocycles. The summed E-state index contributed by atoms with van der Waals surface area (Å²) < 4.78 is 13.9. The Labute approximate surface area is 296 Å². The molecule has 2 bridgehead atoms. The van der Waals surface area contributed by atoms with E-state index in [4.69, 9.17) is 36.9 Å². The molecule has 1 aromatic carbocycles. The van der Waals surface area contributed by atoms with E-state index in [9.17, 15) is 9.59 Å². The Hall–Kier alpha value is -4.13. The van der Waals surface area contributed by atoms with Crippen LogP contribution >= 0.6 is 11.6 Å². The molecule has 2 amide bonds. The van der Waals surface area contributed by atoms with Gasteiger partial charge in [0.1, 0.15) is 11.6 Å². The van der Waals surface area contributed by atoms with Crippen LogP contribution in [0.25, 0.3) is 22.2 Å². The SMILES string of the molecule is COC1CC2(N3CC[C@@H](n4ncc5c(-c6ccc7c(c6)OCC(=O)N7Cc6ncc(Cl)cn6)c(C(N)=O)c(CC(C)C)nc54)[C@H](C)C3)CC1C2. The van der Waals surface area contributed by atoms with Gasteiger partial charge >= 0.3 is 0 Å². The van der Waals surface area contributed by atoms with E-state index >= 15 is 0 Å². The predicted molar refractivity (Wildman–Crippen MR) is 189 cm³/mol. The fourth-order valence-electron chi connectivity index (χ4n) is 9.02. The topological polar surface area (TPSA) is 142 Å². The average Bonchev–Trinajstić information content (AvgIpc) is 3.78. The molecule has 12 nitrogen and oxygen atoms in total. The first-order chi connectivity index (χ1) is 24.0. The summed E-state index contributed by atoms with van der Waals surface area (Å²) in [4.78, 5) is 44.3. The quantitative estimate of drug-likeness (QED) is 0.249. The Morgan fingerprint density at radius 2 is 1.96 bits per heavy atom. The third kappa shape index (κ3) is 5.52. The van der Waals surface area contributed by atoms with Gasteiger partial charge in [0, 0.05) is 49.1 Å². The minimum Gasteiger partial charge on any atom is -0.482 e. The third-order valence-corrected chi connectivity index (χ3v) is 11.6. The number of carbonyl (C=O) groups excluding carboxylic acids is 2. The van der Waals surface area contributed by atoms with E-state index in [-0.39, 0.29) is 36.6 Å². The molecule has 1 unspecified atom stereocenters. The molecule has 3 aliphatic carbocycles. The van der Waals surface area contributed by atoms with Crippen molar-refractivity contribution in [1.82, 2.24) is 29.6 Å². The predicted octanol–water partition coefficient (Wildman–Crippen LogP) is 5.22. The van der Waals surface area contributed by atoms with Gasteiger partial charge in [-0.05, 0) is 67.6 Å². The summed E-state index contributed by atoms with van der Waals surface area (Å²) in [6, 6.07) is 5.76. The summed E-state index contributed by atoms with van der Waals surface area (Å²) in [5.41, 5.74) is 10.2. The number of fused-ring (bicyclic) bond motifs is 3. The van der Waals surface area contributed by atoms with Gasteiger partial charge in [0.25, 0.3) is 11.8 Å². The van der Waals surface area contributed by atoms with Crippen LogP contribution in [0.15, 0.2) is 36.8 Å². The number of aromatic nitrogens is 5. The molecular formula is C37H43ClN8O4. The number of carbonyl (C=O) groups is 2. The Balaban J connectivity index is 1.17. The molecule has 50 heavy (non-hydrogen) atoms. The lowest BCUT2D eigenvalue weighted by molar-refractivity contribution is -0.121. The van der Waals surface area contributed by atoms with Crippen molar-refractivity contribution in [3.05, 3.63) is 58.9 Å². The molecule has 4 fully saturated rings. The number of hydrogen-bond donors (Lipinski definition) is 1. The molecule has 3 atom stereocenters. The largest absolute Gasteiger partial charge is 0.482 e. The summed E-state index contributed by atoms with van der Waals surface area (Å²) in [6.07, 6.45) is 10.4. The second-order valence-electron chi connectivity index (χ2n) is 15.0. The molecule has 3 saturated carbocycles. The molecule has 0 radical (unpaired) electrons. The number of ether oxygens (including phenoxy) is 2. The molecule has 3 aromatic heterocycles. The fourth-order valence-corrected chi connectivity index (χ4v) is 9.12. The molecule has 13 heteroatoms. The van der Waals surface area contributed by atoms with Crippen molar-refractivity contribution in [2.75, 3.05) is 31.7 Å². The van der Waals surface area contributed by atoms with Crippen LogP contribution in [0.2, 0.25) is 5.02 Å². The Bertz CT molecular complexity index is 1970. The highest BCUT2D eigenvalue weighted by Gasteiger charge is 2.59. The first kappa shape index (κ1) is 33.0. The molecule has 5 heterocycles. The highest BCUT2D eigenvalue weighted by Crippen LogP contribution is 2.57. The van der Waals surface area contributed by atoms with E-state index in [0.29, 0.717) is 63.5 Å². The first-order valence-electron chi connectivity index (χ1n) is 17.6. The minimum atomic E-state index is -0.543. The second-order valence-corrected chi connectivity index (χ2v) is 15.5. The van der Waals surface area contributed by atoms with Gasteiger partial charge in [0.05, 0.1) is 46.9 Å². The summed E-state index contributed by atoms with van der Waals surface area (Å²) >= 11 is 5.98. The van der Waals surface area contributed by atoms with Gasteiger partial charge in [-0.25, -0.2) is 19.6 Å². The lowest BCUT2D eigenvalue weighted by atomic mass is 9.74. The monoisotopic (exact) mass is 698 g/mol. The second kappa shape index (κ2) is 12.6. The zero-order chi connectivity index (χ0) is 34.9. The smallest absolute Gasteiger partial charge is 0.265 e. The van der Waals surface area contributed by atoms with Crippen LogP contribution in [0.4, 0.5) is 5.69 Å². The number of nitrogens with zero attached hydrogens (tertiary/aromatic N) is 7. The fraction of sp³-hybridized carbons (Fsp3) is 0.514. The summed E-state index contributed by atoms with van der Waals surface area (Å²) in [7, 11) is 1.85. The van der Waals surface area contributed by atoms with Crippen molar-refractivity contribution in [3.8, 4) is 16.9 Å². The van der Waals surface area contributed by atoms with E-state index in [2.05, 4.69) is 40.3 Å². The maximum Gasteiger partial charge on any atom is 0.265 e. The Morgan fingerprint density at radius 3 is 2.64 bits per heavy atom. The molecule has 2 aliphatic heterocycles. The minimum absolute atomic E-state index is 0.139. The Kier molecular flexibility index (Phi) is 8.31. The van der Waals surface area contributed by atoms with Gasteiger partial charge in [0.15, 0.2) is 12.3 Å². The van der Waals surface area contributed by atoms with Crippen LogP contribution in [0.3, 0.4) is 0 Å². The van der Waals surface area contributed by atoms with Crippen LogP contribution in [0.1, 0.15) is 74.4 Å². The molecule has 4 aromatic rings. The number of halogens is 1. The van der Waals surface area contributed by atoms with Crippen molar-refractivity contribution in [2.45, 2.75) is 77.1 Å². The first-order valence-corrected chi connectivity index (χ1v) is 17.9. The van der Waals surface area contributed by atoms with Gasteiger partial charge < -0.3 is 15.2 Å². The van der Waals surface area contributed by atoms with E-state index in [1.807, 2.05) is 31.5 Å². The van der Waals surface area contributed by atoms with E-state index < -0.39 is 5.91 Å². The standard InChI is InChI=1S/C37H43ClN8O4/c1-20(2)9-26-34(35(39)48)33(22-5-6-28-29(10-22)50-19-32(47)45(28)18-31-40-14-24(38)15-41-31)25-16-42-46(36(25)43-26)27-7-8-44(17-21(27)3)37-11-23(12-37)30(13-37)49-4/h5-6,10,14-16,20-21,23,27,30H,7-9,11-13,17-19H2,1-4H3,(H2,39,48)/t21-,23?,27-,30?,37?/m1/s1. The Morgan fingerprint density at radius 1 is 1.18 bits per heavy atom. The maximum absolute atomic E-state index is 13.3. The van der Waals surface area contributed by atoms with Crippen molar-refractivity contribution < 1.29 is 19.1 Å². The number of pyridine rings is 1. The lowest BCUT2D eigenvalue weighted by Crippen LogP contribution is -2.56. The number of methoxy groups -OCH3 is 1. The number of anilines is 1. The van der Waals surface area contributed by atoms with Crippen LogP contribution in [-0.2, 0) is 22.5 Å². The van der Waals surface area contributed by atoms with Crippen LogP contribution in [0.5, 0.6) is 5.75 Å². The zero-order valence-electron chi connectivity index (χ0n) is 28.9. The highest BCUT2D eigenvalue weighted by molar-refractivity contribution is 6.30. The molecule has 262 valence electrons. The number of nitrogens with two attached hydrogens (primary N) is 1. The number of piperidine rings is 1. The number of rotatable bonds is 9. The number of primary amides is 1. The number of likely N-dealkylation sites (tertiary alicyclic amines) is 1. The van der Waals surface area contributed by atoms with E-state index in [1.54, 1.807) is 4.90 Å². The van der Waals surface area contributed by atoms with Gasteiger partial charge in [-0.15, -0.1) is 0 Å². The molecule has 2 N–H and O–H groups in total. The molecular weight excluding hydrogens is 656 g/mol. The van der Waals surface area contributed by atoms with Gasteiger partial charge in [-0.2, -0.15) is 5.10 Å². The normalized spacial score (nSPS) is 26.3. The lowest BCUT2D eigenvalue weighted by Gasteiger charge is -2.51. The van der Waals surface area contributed by atoms with Crippen molar-refractivity contribution in [2.24, 2.45) is 23.5 Å². The number of amides is 2. The summed E-state index contributed by atoms with van der Waals surface area (Å²) in [5, 5.41) is 6.15. The van der Waals surface area contributed by atoms with Gasteiger partial charge in [0.2, 0.25) is 0 Å². The van der Waals surface area contributed by atoms with Gasteiger partial charge in [-0.1, -0.05) is 38.4 Å².